The van der Waals surface area contributed by atoms with Crippen LogP contribution in [0.5, 0.6) is 0 Å². The molecule has 0 radical (unpaired) electrons. The van der Waals surface area contributed by atoms with Crippen molar-refractivity contribution in [3.8, 4) is 11.4 Å². The van der Waals surface area contributed by atoms with Crippen LogP contribution in [0.4, 0.5) is 4.39 Å². The molecule has 6 nitrogen and oxygen atoms in total. The quantitative estimate of drug-likeness (QED) is 0.639. The highest BCUT2D eigenvalue weighted by Crippen LogP contribution is 2.18. The van der Waals surface area contributed by atoms with Crippen molar-refractivity contribution in [1.29, 1.82) is 0 Å². The lowest BCUT2D eigenvalue weighted by atomic mass is 10.1. The molecule has 3 rings (SSSR count). The van der Waals surface area contributed by atoms with E-state index in [9.17, 15) is 12.8 Å². The Balaban J connectivity index is 1.56. The molecular formula is C18H18FN3O3S. The Bertz CT molecular complexity index is 985. The molecule has 0 unspecified atom stereocenters. The van der Waals surface area contributed by atoms with E-state index in [0.29, 0.717) is 42.4 Å². The number of aromatic nitrogens is 2. The van der Waals surface area contributed by atoms with Crippen LogP contribution in [0.25, 0.3) is 11.4 Å². The number of hydrogen-bond donors (Lipinski definition) is 1. The zero-order valence-corrected chi connectivity index (χ0v) is 15.0. The van der Waals surface area contributed by atoms with Crippen LogP contribution >= 0.6 is 0 Å². The molecule has 136 valence electrons. The molecule has 0 aliphatic carbocycles. The lowest BCUT2D eigenvalue weighted by Crippen LogP contribution is -2.17. The summed E-state index contributed by atoms with van der Waals surface area (Å²) in [6.07, 6.45) is 1.71. The number of nitrogens with zero attached hydrogens (tertiary/aromatic N) is 2. The van der Waals surface area contributed by atoms with E-state index in [1.54, 1.807) is 30.3 Å². The number of halogens is 1. The van der Waals surface area contributed by atoms with Gasteiger partial charge < -0.3 is 9.84 Å². The monoisotopic (exact) mass is 375 g/mol. The third-order valence-corrected chi connectivity index (χ3v) is 4.94. The molecule has 0 saturated heterocycles. The third kappa shape index (κ3) is 4.53. The van der Waals surface area contributed by atoms with E-state index >= 15 is 0 Å². The van der Waals surface area contributed by atoms with E-state index in [2.05, 4.69) is 15.5 Å². The second-order valence-electron chi connectivity index (χ2n) is 5.83. The summed E-state index contributed by atoms with van der Waals surface area (Å²) in [7, 11) is -3.24. The summed E-state index contributed by atoms with van der Waals surface area (Å²) < 4.78 is 41.7. The van der Waals surface area contributed by atoms with Crippen molar-refractivity contribution in [2.24, 2.45) is 0 Å². The number of rotatable bonds is 7. The van der Waals surface area contributed by atoms with Gasteiger partial charge in [-0.25, -0.2) is 12.8 Å². The lowest BCUT2D eigenvalue weighted by molar-refractivity contribution is 0.368. The van der Waals surface area contributed by atoms with Crippen LogP contribution in [0.1, 0.15) is 11.5 Å². The third-order valence-electron chi connectivity index (χ3n) is 3.81. The highest BCUT2D eigenvalue weighted by Gasteiger charge is 2.11. The maximum absolute atomic E-state index is 13.5. The van der Waals surface area contributed by atoms with Gasteiger partial charge in [0.2, 0.25) is 11.7 Å². The molecule has 0 amide bonds. The van der Waals surface area contributed by atoms with E-state index in [0.717, 1.165) is 6.26 Å². The number of hydrogen-bond acceptors (Lipinski definition) is 6. The van der Waals surface area contributed by atoms with Crippen LogP contribution in [0.15, 0.2) is 57.9 Å². The zero-order valence-electron chi connectivity index (χ0n) is 14.1. The molecule has 0 atom stereocenters. The van der Waals surface area contributed by atoms with E-state index < -0.39 is 9.84 Å². The molecule has 0 saturated carbocycles. The molecule has 2 aromatic carbocycles. The molecule has 1 aromatic heterocycles. The number of sulfone groups is 1. The number of nitrogens with one attached hydrogen (secondary N) is 1. The number of benzene rings is 2. The van der Waals surface area contributed by atoms with Gasteiger partial charge in [0, 0.05) is 11.8 Å². The van der Waals surface area contributed by atoms with Crippen LogP contribution in [-0.2, 0) is 22.8 Å². The normalized spacial score (nSPS) is 11.6. The minimum Gasteiger partial charge on any atom is -0.338 e. The molecule has 1 heterocycles. The lowest BCUT2D eigenvalue weighted by Gasteiger charge is -2.03. The Morgan fingerprint density at radius 1 is 1.12 bits per heavy atom. The minimum atomic E-state index is -3.24. The first-order valence-electron chi connectivity index (χ1n) is 8.01. The average Bonchev–Trinajstić information content (AvgIpc) is 3.08. The van der Waals surface area contributed by atoms with Crippen molar-refractivity contribution in [1.82, 2.24) is 15.5 Å². The summed E-state index contributed by atoms with van der Waals surface area (Å²) in [5.41, 5.74) is 1.32. The predicted octanol–water partition coefficient (Wildman–Crippen LogP) is 2.61. The van der Waals surface area contributed by atoms with E-state index in [4.69, 9.17) is 4.52 Å². The van der Waals surface area contributed by atoms with Gasteiger partial charge >= 0.3 is 0 Å². The van der Waals surface area contributed by atoms with Crippen molar-refractivity contribution in [3.05, 3.63) is 65.8 Å². The Labute approximate surface area is 151 Å². The van der Waals surface area contributed by atoms with Crippen LogP contribution in [0.2, 0.25) is 0 Å². The molecule has 26 heavy (non-hydrogen) atoms. The topological polar surface area (TPSA) is 85.1 Å². The first-order valence-corrected chi connectivity index (χ1v) is 9.90. The summed E-state index contributed by atoms with van der Waals surface area (Å²) >= 11 is 0. The van der Waals surface area contributed by atoms with Gasteiger partial charge in [0.25, 0.3) is 0 Å². The predicted molar refractivity (Wildman–Crippen MR) is 94.7 cm³/mol. The van der Waals surface area contributed by atoms with Gasteiger partial charge in [0.1, 0.15) is 5.82 Å². The minimum absolute atomic E-state index is 0.216. The summed E-state index contributed by atoms with van der Waals surface area (Å²) in [4.78, 5) is 4.51. The average molecular weight is 375 g/mol. The van der Waals surface area contributed by atoms with Crippen molar-refractivity contribution >= 4 is 9.84 Å². The summed E-state index contributed by atoms with van der Waals surface area (Å²) in [6.45, 7) is 0.935. The van der Waals surface area contributed by atoms with Crippen molar-refractivity contribution in [3.63, 3.8) is 0 Å². The Hall–Kier alpha value is -2.58. The summed E-state index contributed by atoms with van der Waals surface area (Å²) in [6, 6.07) is 12.9. The van der Waals surface area contributed by atoms with Gasteiger partial charge in [-0.05, 0) is 48.9 Å². The smallest absolute Gasteiger partial charge is 0.240 e. The molecule has 0 aliphatic heterocycles. The van der Waals surface area contributed by atoms with Crippen molar-refractivity contribution < 1.29 is 17.3 Å². The standard InChI is InChI=1S/C18H18FN3O3S/c1-26(23,24)15-8-6-14(7-9-15)18-21-17(25-22-18)12-20-11-10-13-4-2-3-5-16(13)19/h2-9,20H,10-12H2,1H3. The van der Waals surface area contributed by atoms with Crippen LogP contribution in [-0.4, -0.2) is 31.4 Å². The molecule has 8 heteroatoms. The highest BCUT2D eigenvalue weighted by atomic mass is 32.2. The van der Waals surface area contributed by atoms with Gasteiger partial charge in [-0.1, -0.05) is 23.4 Å². The maximum Gasteiger partial charge on any atom is 0.240 e. The summed E-state index contributed by atoms with van der Waals surface area (Å²) in [5.74, 6) is 0.573. The van der Waals surface area contributed by atoms with E-state index in [1.165, 1.54) is 18.2 Å². The molecular weight excluding hydrogens is 357 g/mol. The second-order valence-corrected chi connectivity index (χ2v) is 7.84. The SMILES string of the molecule is CS(=O)(=O)c1ccc(-c2noc(CNCCc3ccccc3F)n2)cc1. The maximum atomic E-state index is 13.5. The largest absolute Gasteiger partial charge is 0.338 e. The van der Waals surface area contributed by atoms with Crippen molar-refractivity contribution in [2.45, 2.75) is 17.9 Å². The van der Waals surface area contributed by atoms with Crippen molar-refractivity contribution in [2.75, 3.05) is 12.8 Å². The van der Waals surface area contributed by atoms with Crippen LogP contribution in [0.3, 0.4) is 0 Å². The van der Waals surface area contributed by atoms with Gasteiger partial charge in [-0.15, -0.1) is 0 Å². The van der Waals surface area contributed by atoms with Gasteiger partial charge in [-0.2, -0.15) is 4.98 Å². The van der Waals surface area contributed by atoms with E-state index in [1.807, 2.05) is 0 Å². The Morgan fingerprint density at radius 3 is 2.54 bits per heavy atom. The molecule has 1 N–H and O–H groups in total. The van der Waals surface area contributed by atoms with Crippen LogP contribution < -0.4 is 5.32 Å². The molecule has 0 spiro atoms. The summed E-state index contributed by atoms with van der Waals surface area (Å²) in [5, 5.41) is 7.02. The molecule has 3 aromatic rings. The molecule has 0 bridgehead atoms. The Morgan fingerprint density at radius 2 is 1.85 bits per heavy atom. The molecule has 0 aliphatic rings. The van der Waals surface area contributed by atoms with Gasteiger partial charge in [0.15, 0.2) is 9.84 Å². The van der Waals surface area contributed by atoms with Crippen LogP contribution in [0, 0.1) is 5.82 Å². The fourth-order valence-corrected chi connectivity index (χ4v) is 3.05. The zero-order chi connectivity index (χ0) is 18.6. The highest BCUT2D eigenvalue weighted by molar-refractivity contribution is 7.90. The first-order chi connectivity index (χ1) is 12.4. The fraction of sp³-hybridized carbons (Fsp3) is 0.222. The van der Waals surface area contributed by atoms with Gasteiger partial charge in [-0.3, -0.25) is 0 Å². The second kappa shape index (κ2) is 7.76. The van der Waals surface area contributed by atoms with E-state index in [-0.39, 0.29) is 10.7 Å². The first kappa shape index (κ1) is 18.2. The fourth-order valence-electron chi connectivity index (χ4n) is 2.41. The Kier molecular flexibility index (Phi) is 5.43. The van der Waals surface area contributed by atoms with Gasteiger partial charge in [0.05, 0.1) is 11.4 Å². The molecule has 0 fully saturated rings.